The zero-order chi connectivity index (χ0) is 11.3. The SMILES string of the molecule is COc1ccc(OCC(O)CO)c(Br)c1. The maximum absolute atomic E-state index is 9.10. The average Bonchev–Trinajstić information content (AvgIpc) is 2.26. The Morgan fingerprint density at radius 3 is 2.73 bits per heavy atom. The van der Waals surface area contributed by atoms with Gasteiger partial charge in [-0.15, -0.1) is 0 Å². The molecule has 15 heavy (non-hydrogen) atoms. The Labute approximate surface area is 96.6 Å². The van der Waals surface area contributed by atoms with Gasteiger partial charge in [0, 0.05) is 0 Å². The summed E-state index contributed by atoms with van der Waals surface area (Å²) >= 11 is 3.31. The van der Waals surface area contributed by atoms with Gasteiger partial charge in [-0.2, -0.15) is 0 Å². The van der Waals surface area contributed by atoms with E-state index in [1.165, 1.54) is 0 Å². The second-order valence-corrected chi connectivity index (χ2v) is 3.80. The number of halogens is 1. The van der Waals surface area contributed by atoms with Crippen molar-refractivity contribution in [1.82, 2.24) is 0 Å². The zero-order valence-corrected chi connectivity index (χ0v) is 9.90. The summed E-state index contributed by atoms with van der Waals surface area (Å²) in [5.74, 6) is 1.32. The van der Waals surface area contributed by atoms with Crippen LogP contribution in [0, 0.1) is 0 Å². The van der Waals surface area contributed by atoms with Crippen molar-refractivity contribution in [3.8, 4) is 11.5 Å². The van der Waals surface area contributed by atoms with Gasteiger partial charge in [-0.1, -0.05) is 0 Å². The lowest BCUT2D eigenvalue weighted by Crippen LogP contribution is -2.21. The van der Waals surface area contributed by atoms with Gasteiger partial charge in [0.05, 0.1) is 18.2 Å². The lowest BCUT2D eigenvalue weighted by Gasteiger charge is -2.11. The van der Waals surface area contributed by atoms with E-state index < -0.39 is 6.10 Å². The van der Waals surface area contributed by atoms with E-state index in [0.29, 0.717) is 5.75 Å². The molecule has 1 aromatic rings. The highest BCUT2D eigenvalue weighted by molar-refractivity contribution is 9.10. The van der Waals surface area contributed by atoms with Gasteiger partial charge in [0.2, 0.25) is 0 Å². The molecule has 4 nitrogen and oxygen atoms in total. The molecule has 0 heterocycles. The van der Waals surface area contributed by atoms with Crippen LogP contribution < -0.4 is 9.47 Å². The summed E-state index contributed by atoms with van der Waals surface area (Å²) in [6.07, 6.45) is -0.862. The number of methoxy groups -OCH3 is 1. The summed E-state index contributed by atoms with van der Waals surface area (Å²) < 4.78 is 11.0. The number of benzene rings is 1. The molecule has 0 radical (unpaired) electrons. The minimum absolute atomic E-state index is 0.0570. The number of rotatable bonds is 5. The predicted molar refractivity (Wildman–Crippen MR) is 59.3 cm³/mol. The lowest BCUT2D eigenvalue weighted by atomic mass is 10.3. The number of ether oxygens (including phenoxy) is 2. The van der Waals surface area contributed by atoms with E-state index in [1.807, 2.05) is 0 Å². The van der Waals surface area contributed by atoms with Gasteiger partial charge in [0.15, 0.2) is 0 Å². The van der Waals surface area contributed by atoms with Gasteiger partial charge in [-0.25, -0.2) is 0 Å². The van der Waals surface area contributed by atoms with Crippen LogP contribution in [0.15, 0.2) is 22.7 Å². The second kappa shape index (κ2) is 5.95. The van der Waals surface area contributed by atoms with E-state index in [2.05, 4.69) is 15.9 Å². The fourth-order valence-corrected chi connectivity index (χ4v) is 1.44. The van der Waals surface area contributed by atoms with Crippen molar-refractivity contribution in [2.24, 2.45) is 0 Å². The average molecular weight is 277 g/mol. The molecule has 0 fully saturated rings. The first-order valence-electron chi connectivity index (χ1n) is 4.42. The van der Waals surface area contributed by atoms with Crippen LogP contribution in [-0.2, 0) is 0 Å². The highest BCUT2D eigenvalue weighted by Crippen LogP contribution is 2.29. The topological polar surface area (TPSA) is 58.9 Å². The Hall–Kier alpha value is -0.780. The number of aliphatic hydroxyl groups is 2. The molecule has 0 spiro atoms. The Morgan fingerprint density at radius 2 is 2.20 bits per heavy atom. The van der Waals surface area contributed by atoms with Crippen molar-refractivity contribution < 1.29 is 19.7 Å². The van der Waals surface area contributed by atoms with Crippen molar-refractivity contribution in [2.45, 2.75) is 6.10 Å². The minimum atomic E-state index is -0.862. The maximum Gasteiger partial charge on any atom is 0.133 e. The van der Waals surface area contributed by atoms with Crippen LogP contribution in [-0.4, -0.2) is 36.6 Å². The first-order chi connectivity index (χ1) is 7.17. The molecule has 0 amide bonds. The van der Waals surface area contributed by atoms with Gasteiger partial charge in [-0.05, 0) is 34.1 Å². The Bertz CT molecular complexity index is 316. The maximum atomic E-state index is 9.10. The molecule has 1 unspecified atom stereocenters. The lowest BCUT2D eigenvalue weighted by molar-refractivity contribution is 0.0533. The molecule has 0 aliphatic rings. The normalized spacial score (nSPS) is 12.3. The van der Waals surface area contributed by atoms with Gasteiger partial charge >= 0.3 is 0 Å². The van der Waals surface area contributed by atoms with Crippen molar-refractivity contribution >= 4 is 15.9 Å². The molecule has 1 rings (SSSR count). The van der Waals surface area contributed by atoms with Crippen molar-refractivity contribution in [3.05, 3.63) is 22.7 Å². The first-order valence-corrected chi connectivity index (χ1v) is 5.22. The summed E-state index contributed by atoms with van der Waals surface area (Å²) in [5.41, 5.74) is 0. The molecule has 0 saturated carbocycles. The monoisotopic (exact) mass is 276 g/mol. The van der Waals surface area contributed by atoms with E-state index in [-0.39, 0.29) is 13.2 Å². The number of hydrogen-bond donors (Lipinski definition) is 2. The van der Waals surface area contributed by atoms with Crippen LogP contribution in [0.5, 0.6) is 11.5 Å². The van der Waals surface area contributed by atoms with Gasteiger partial charge in [-0.3, -0.25) is 0 Å². The molecule has 1 atom stereocenters. The quantitative estimate of drug-likeness (QED) is 0.848. The van der Waals surface area contributed by atoms with Gasteiger partial charge in [0.1, 0.15) is 24.2 Å². The molecule has 2 N–H and O–H groups in total. The molecule has 0 aliphatic carbocycles. The van der Waals surface area contributed by atoms with E-state index in [9.17, 15) is 0 Å². The number of hydrogen-bond acceptors (Lipinski definition) is 4. The van der Waals surface area contributed by atoms with E-state index in [0.717, 1.165) is 10.2 Å². The molecule has 0 bridgehead atoms. The Kier molecular flexibility index (Phi) is 4.87. The van der Waals surface area contributed by atoms with Crippen LogP contribution in [0.3, 0.4) is 0 Å². The van der Waals surface area contributed by atoms with E-state index in [1.54, 1.807) is 25.3 Å². The van der Waals surface area contributed by atoms with Crippen molar-refractivity contribution in [3.63, 3.8) is 0 Å². The molecule has 0 aliphatic heterocycles. The van der Waals surface area contributed by atoms with Crippen LogP contribution >= 0.6 is 15.9 Å². The molecule has 5 heteroatoms. The predicted octanol–water partition coefficient (Wildman–Crippen LogP) is 1.19. The van der Waals surface area contributed by atoms with Crippen molar-refractivity contribution in [1.29, 1.82) is 0 Å². The summed E-state index contributed by atoms with van der Waals surface area (Å²) in [7, 11) is 1.58. The number of aliphatic hydroxyl groups excluding tert-OH is 2. The first kappa shape index (κ1) is 12.3. The Morgan fingerprint density at radius 1 is 1.47 bits per heavy atom. The van der Waals surface area contributed by atoms with Gasteiger partial charge in [0.25, 0.3) is 0 Å². The van der Waals surface area contributed by atoms with E-state index >= 15 is 0 Å². The molecular formula is C10H13BrO4. The largest absolute Gasteiger partial charge is 0.497 e. The third-order valence-electron chi connectivity index (χ3n) is 1.78. The van der Waals surface area contributed by atoms with Gasteiger partial charge < -0.3 is 19.7 Å². The highest BCUT2D eigenvalue weighted by Gasteiger charge is 2.06. The highest BCUT2D eigenvalue weighted by atomic mass is 79.9. The fourth-order valence-electron chi connectivity index (χ4n) is 0.964. The van der Waals surface area contributed by atoms with Crippen molar-refractivity contribution in [2.75, 3.05) is 20.3 Å². The summed E-state index contributed by atoms with van der Waals surface area (Å²) in [6, 6.07) is 5.25. The molecule has 0 aromatic heterocycles. The molecule has 0 saturated heterocycles. The zero-order valence-electron chi connectivity index (χ0n) is 8.31. The molecular weight excluding hydrogens is 264 g/mol. The van der Waals surface area contributed by atoms with Crippen LogP contribution in [0.25, 0.3) is 0 Å². The standard InChI is InChI=1S/C10H13BrO4/c1-14-8-2-3-10(9(11)4-8)15-6-7(13)5-12/h2-4,7,12-13H,5-6H2,1H3. The minimum Gasteiger partial charge on any atom is -0.497 e. The molecule has 1 aromatic carbocycles. The third kappa shape index (κ3) is 3.70. The smallest absolute Gasteiger partial charge is 0.133 e. The van der Waals surface area contributed by atoms with Crippen LogP contribution in [0.1, 0.15) is 0 Å². The Balaban J connectivity index is 2.62. The van der Waals surface area contributed by atoms with Crippen LogP contribution in [0.2, 0.25) is 0 Å². The summed E-state index contributed by atoms with van der Waals surface area (Å²) in [4.78, 5) is 0. The summed E-state index contributed by atoms with van der Waals surface area (Å²) in [6.45, 7) is -0.255. The van der Waals surface area contributed by atoms with Crippen LogP contribution in [0.4, 0.5) is 0 Å². The molecule has 84 valence electrons. The summed E-state index contributed by atoms with van der Waals surface area (Å²) in [5, 5.41) is 17.7. The third-order valence-corrected chi connectivity index (χ3v) is 2.40. The second-order valence-electron chi connectivity index (χ2n) is 2.94. The fraction of sp³-hybridized carbons (Fsp3) is 0.400. The van der Waals surface area contributed by atoms with E-state index in [4.69, 9.17) is 19.7 Å².